The van der Waals surface area contributed by atoms with E-state index >= 15 is 0 Å². The summed E-state index contributed by atoms with van der Waals surface area (Å²) in [4.78, 5) is 4.07. The second kappa shape index (κ2) is 6.88. The first kappa shape index (κ1) is 15.0. The summed E-state index contributed by atoms with van der Waals surface area (Å²) in [5.41, 5.74) is 1.50. The molecular weight excluding hydrogens is 280 g/mol. The fourth-order valence-electron chi connectivity index (χ4n) is 3.10. The van der Waals surface area contributed by atoms with Gasteiger partial charge in [-0.2, -0.15) is 0 Å². The summed E-state index contributed by atoms with van der Waals surface area (Å²) in [6.07, 6.45) is 1.16. The molecule has 1 aromatic carbocycles. The molecule has 0 radical (unpaired) electrons. The summed E-state index contributed by atoms with van der Waals surface area (Å²) in [7, 11) is 2.03. The topological polar surface area (TPSA) is 24.5 Å². The third kappa shape index (κ3) is 3.14. The van der Waals surface area contributed by atoms with Crippen molar-refractivity contribution in [3.8, 4) is 0 Å². The van der Waals surface area contributed by atoms with E-state index in [-0.39, 0.29) is 0 Å². The molecule has 1 atom stereocenters. The number of morpholine rings is 1. The Morgan fingerprint density at radius 3 is 3.05 bits per heavy atom. The van der Waals surface area contributed by atoms with Crippen LogP contribution in [-0.4, -0.2) is 37.7 Å². The highest BCUT2D eigenvalue weighted by Crippen LogP contribution is 2.33. The normalized spacial score (nSPS) is 20.2. The lowest BCUT2D eigenvalue weighted by atomic mass is 10.1. The quantitative estimate of drug-likeness (QED) is 0.918. The number of hydrogen-bond acceptors (Lipinski definition) is 4. The Labute approximate surface area is 130 Å². The molecule has 1 N–H and O–H groups in total. The lowest BCUT2D eigenvalue weighted by Gasteiger charge is -2.35. The standard InChI is InChI=1S/C17H24N2OS/c1-3-13-12-20-9-8-19(13)11-15-14-6-4-5-7-16(14)21-17(15)10-18-2/h4-7,13,18H,3,8-12H2,1-2H3. The second-order valence-electron chi connectivity index (χ2n) is 5.64. The maximum Gasteiger partial charge on any atom is 0.0622 e. The van der Waals surface area contributed by atoms with E-state index < -0.39 is 0 Å². The maximum atomic E-state index is 5.64. The number of nitrogens with one attached hydrogen (secondary N) is 1. The molecule has 21 heavy (non-hydrogen) atoms. The van der Waals surface area contributed by atoms with E-state index in [0.29, 0.717) is 6.04 Å². The number of fused-ring (bicyclic) bond motifs is 1. The number of rotatable bonds is 5. The van der Waals surface area contributed by atoms with Gasteiger partial charge < -0.3 is 10.1 Å². The third-order valence-electron chi connectivity index (χ3n) is 4.30. The lowest BCUT2D eigenvalue weighted by molar-refractivity contribution is -0.0126. The van der Waals surface area contributed by atoms with Crippen LogP contribution < -0.4 is 5.32 Å². The van der Waals surface area contributed by atoms with E-state index in [9.17, 15) is 0 Å². The first-order chi connectivity index (χ1) is 10.3. The van der Waals surface area contributed by atoms with Crippen LogP contribution in [0.3, 0.4) is 0 Å². The summed E-state index contributed by atoms with van der Waals surface area (Å²) in [5, 5.41) is 4.74. The van der Waals surface area contributed by atoms with Gasteiger partial charge in [-0.15, -0.1) is 11.3 Å². The average molecular weight is 304 g/mol. The highest BCUT2D eigenvalue weighted by molar-refractivity contribution is 7.19. The van der Waals surface area contributed by atoms with Crippen LogP contribution in [0.5, 0.6) is 0 Å². The Morgan fingerprint density at radius 2 is 2.24 bits per heavy atom. The van der Waals surface area contributed by atoms with Gasteiger partial charge in [0.2, 0.25) is 0 Å². The number of thiophene rings is 1. The largest absolute Gasteiger partial charge is 0.378 e. The molecule has 0 aliphatic carbocycles. The van der Waals surface area contributed by atoms with Crippen molar-refractivity contribution in [3.05, 3.63) is 34.7 Å². The molecule has 1 unspecified atom stereocenters. The zero-order valence-corrected chi connectivity index (χ0v) is 13.7. The van der Waals surface area contributed by atoms with Gasteiger partial charge in [0, 0.05) is 35.3 Å². The molecule has 114 valence electrons. The van der Waals surface area contributed by atoms with Crippen molar-refractivity contribution in [2.45, 2.75) is 32.5 Å². The summed E-state index contributed by atoms with van der Waals surface area (Å²) < 4.78 is 7.04. The Morgan fingerprint density at radius 1 is 1.38 bits per heavy atom. The predicted molar refractivity (Wildman–Crippen MR) is 89.9 cm³/mol. The summed E-state index contributed by atoms with van der Waals surface area (Å²) in [6, 6.07) is 9.34. The van der Waals surface area contributed by atoms with Crippen LogP contribution in [0.1, 0.15) is 23.8 Å². The molecule has 1 aliphatic heterocycles. The smallest absolute Gasteiger partial charge is 0.0622 e. The molecule has 2 heterocycles. The lowest BCUT2D eigenvalue weighted by Crippen LogP contribution is -2.44. The average Bonchev–Trinajstić information content (AvgIpc) is 2.86. The van der Waals surface area contributed by atoms with Crippen LogP contribution in [0.15, 0.2) is 24.3 Å². The molecule has 3 rings (SSSR count). The van der Waals surface area contributed by atoms with Gasteiger partial charge in [-0.3, -0.25) is 4.90 Å². The third-order valence-corrected chi connectivity index (χ3v) is 5.51. The van der Waals surface area contributed by atoms with E-state index in [1.165, 1.54) is 20.5 Å². The number of ether oxygens (including phenoxy) is 1. The molecule has 1 fully saturated rings. The van der Waals surface area contributed by atoms with E-state index in [4.69, 9.17) is 4.74 Å². The van der Waals surface area contributed by atoms with Gasteiger partial charge in [-0.1, -0.05) is 25.1 Å². The summed E-state index contributed by atoms with van der Waals surface area (Å²) in [5.74, 6) is 0. The van der Waals surface area contributed by atoms with E-state index in [0.717, 1.165) is 39.3 Å². The van der Waals surface area contributed by atoms with Crippen molar-refractivity contribution in [2.24, 2.45) is 0 Å². The Hall–Kier alpha value is -0.940. The van der Waals surface area contributed by atoms with Gasteiger partial charge >= 0.3 is 0 Å². The van der Waals surface area contributed by atoms with E-state index in [1.54, 1.807) is 0 Å². The number of benzene rings is 1. The van der Waals surface area contributed by atoms with Crippen LogP contribution >= 0.6 is 11.3 Å². The maximum absolute atomic E-state index is 5.64. The summed E-state index contributed by atoms with van der Waals surface area (Å²) in [6.45, 7) is 7.03. The molecule has 0 amide bonds. The van der Waals surface area contributed by atoms with Gasteiger partial charge in [-0.25, -0.2) is 0 Å². The van der Waals surface area contributed by atoms with E-state index in [1.807, 2.05) is 18.4 Å². The van der Waals surface area contributed by atoms with Crippen LogP contribution in [-0.2, 0) is 17.8 Å². The van der Waals surface area contributed by atoms with Crippen molar-refractivity contribution >= 4 is 21.4 Å². The SMILES string of the molecule is CCC1COCCN1Cc1c(CNC)sc2ccccc12. The molecule has 0 saturated carbocycles. The molecule has 2 aromatic rings. The zero-order valence-electron chi connectivity index (χ0n) is 12.9. The minimum Gasteiger partial charge on any atom is -0.378 e. The van der Waals surface area contributed by atoms with Gasteiger partial charge in [0.25, 0.3) is 0 Å². The fourth-order valence-corrected chi connectivity index (χ4v) is 4.33. The van der Waals surface area contributed by atoms with Gasteiger partial charge in [0.05, 0.1) is 13.2 Å². The van der Waals surface area contributed by atoms with Gasteiger partial charge in [-0.05, 0) is 30.5 Å². The van der Waals surface area contributed by atoms with E-state index in [2.05, 4.69) is 41.4 Å². The Bertz CT molecular complexity index is 595. The van der Waals surface area contributed by atoms with Gasteiger partial charge in [0.1, 0.15) is 0 Å². The van der Waals surface area contributed by atoms with Crippen LogP contribution in [0.2, 0.25) is 0 Å². The molecule has 0 bridgehead atoms. The highest BCUT2D eigenvalue weighted by atomic mass is 32.1. The molecule has 4 heteroatoms. The molecule has 1 aliphatic rings. The first-order valence-corrected chi connectivity index (χ1v) is 8.60. The minimum absolute atomic E-state index is 0.555. The Kier molecular flexibility index (Phi) is 4.91. The molecular formula is C17H24N2OS. The number of hydrogen-bond donors (Lipinski definition) is 1. The van der Waals surface area contributed by atoms with Crippen molar-refractivity contribution in [3.63, 3.8) is 0 Å². The van der Waals surface area contributed by atoms with Crippen LogP contribution in [0, 0.1) is 0 Å². The zero-order chi connectivity index (χ0) is 14.7. The van der Waals surface area contributed by atoms with Crippen molar-refractivity contribution < 1.29 is 4.74 Å². The fraction of sp³-hybridized carbons (Fsp3) is 0.529. The number of nitrogens with zero attached hydrogens (tertiary/aromatic N) is 1. The van der Waals surface area contributed by atoms with Crippen molar-refractivity contribution in [1.82, 2.24) is 10.2 Å². The van der Waals surface area contributed by atoms with Gasteiger partial charge in [0.15, 0.2) is 0 Å². The highest BCUT2D eigenvalue weighted by Gasteiger charge is 2.23. The second-order valence-corrected chi connectivity index (χ2v) is 6.77. The molecule has 3 nitrogen and oxygen atoms in total. The van der Waals surface area contributed by atoms with Crippen molar-refractivity contribution in [2.75, 3.05) is 26.8 Å². The monoisotopic (exact) mass is 304 g/mol. The van der Waals surface area contributed by atoms with Crippen LogP contribution in [0.4, 0.5) is 0 Å². The van der Waals surface area contributed by atoms with Crippen molar-refractivity contribution in [1.29, 1.82) is 0 Å². The molecule has 1 aromatic heterocycles. The van der Waals surface area contributed by atoms with Crippen LogP contribution in [0.25, 0.3) is 10.1 Å². The first-order valence-electron chi connectivity index (χ1n) is 7.79. The predicted octanol–water partition coefficient (Wildman–Crippen LogP) is 3.23. The minimum atomic E-state index is 0.555. The molecule has 1 saturated heterocycles. The molecule has 0 spiro atoms. The summed E-state index contributed by atoms with van der Waals surface area (Å²) >= 11 is 1.93. The Balaban J connectivity index is 1.92.